The van der Waals surface area contributed by atoms with Crippen LogP contribution in [-0.2, 0) is 4.79 Å². The molecular weight excluding hydrogens is 246 g/mol. The number of rotatable bonds is 6. The van der Waals surface area contributed by atoms with Gasteiger partial charge in [-0.15, -0.1) is 0 Å². The molecule has 1 aromatic heterocycles. The number of nitrogens with zero attached hydrogens (tertiary/aromatic N) is 2. The molecular formula is C13H21N3O3. The first-order valence-corrected chi connectivity index (χ1v) is 6.26. The summed E-state index contributed by atoms with van der Waals surface area (Å²) in [5.74, 6) is 0.203. The van der Waals surface area contributed by atoms with E-state index in [1.54, 1.807) is 6.07 Å². The number of nitrogens with one attached hydrogen (secondary N) is 1. The van der Waals surface area contributed by atoms with Crippen molar-refractivity contribution in [2.24, 2.45) is 5.41 Å². The first kappa shape index (κ1) is 15.2. The zero-order valence-electron chi connectivity index (χ0n) is 11.8. The standard InChI is InChI=1S/C13H21N3O3/c1-5-19-11-7-10(14-8-15-11)16-9(6-12(17)18)13(2,3)4/h7-9H,5-6H2,1-4H3,(H,17,18)(H,14,15,16). The summed E-state index contributed by atoms with van der Waals surface area (Å²) < 4.78 is 5.29. The molecule has 0 amide bonds. The molecule has 0 bridgehead atoms. The molecule has 0 aliphatic heterocycles. The van der Waals surface area contributed by atoms with Crippen LogP contribution in [0.1, 0.15) is 34.1 Å². The van der Waals surface area contributed by atoms with Gasteiger partial charge in [0.2, 0.25) is 5.88 Å². The third-order valence-electron chi connectivity index (χ3n) is 2.68. The minimum atomic E-state index is -0.841. The van der Waals surface area contributed by atoms with Crippen LogP contribution < -0.4 is 10.1 Å². The lowest BCUT2D eigenvalue weighted by atomic mass is 9.85. The van der Waals surface area contributed by atoms with Crippen LogP contribution in [0.15, 0.2) is 12.4 Å². The first-order valence-electron chi connectivity index (χ1n) is 6.26. The minimum absolute atomic E-state index is 0.0253. The van der Waals surface area contributed by atoms with Gasteiger partial charge in [0.15, 0.2) is 0 Å². The number of anilines is 1. The number of aromatic nitrogens is 2. The van der Waals surface area contributed by atoms with Gasteiger partial charge in [0.05, 0.1) is 13.0 Å². The second-order valence-electron chi connectivity index (χ2n) is 5.34. The van der Waals surface area contributed by atoms with Crippen molar-refractivity contribution in [2.45, 2.75) is 40.2 Å². The van der Waals surface area contributed by atoms with Crippen molar-refractivity contribution in [3.05, 3.63) is 12.4 Å². The fourth-order valence-electron chi connectivity index (χ4n) is 1.57. The van der Waals surface area contributed by atoms with Crippen molar-refractivity contribution in [3.8, 4) is 5.88 Å². The molecule has 0 saturated heterocycles. The van der Waals surface area contributed by atoms with Crippen LogP contribution in [-0.4, -0.2) is 33.7 Å². The Labute approximate surface area is 113 Å². The number of aliphatic carboxylic acids is 1. The van der Waals surface area contributed by atoms with Gasteiger partial charge in [-0.2, -0.15) is 0 Å². The van der Waals surface area contributed by atoms with Gasteiger partial charge in [0, 0.05) is 12.1 Å². The van der Waals surface area contributed by atoms with E-state index in [9.17, 15) is 4.79 Å². The highest BCUT2D eigenvalue weighted by molar-refractivity contribution is 5.68. The summed E-state index contributed by atoms with van der Waals surface area (Å²) in [6.45, 7) is 8.35. The topological polar surface area (TPSA) is 84.3 Å². The third-order valence-corrected chi connectivity index (χ3v) is 2.68. The quantitative estimate of drug-likeness (QED) is 0.821. The number of hydrogen-bond donors (Lipinski definition) is 2. The molecule has 0 aliphatic rings. The van der Waals surface area contributed by atoms with Crippen LogP contribution in [0.3, 0.4) is 0 Å². The maximum absolute atomic E-state index is 10.9. The molecule has 1 rings (SSSR count). The fraction of sp³-hybridized carbons (Fsp3) is 0.615. The fourth-order valence-corrected chi connectivity index (χ4v) is 1.57. The van der Waals surface area contributed by atoms with Gasteiger partial charge in [-0.05, 0) is 12.3 Å². The van der Waals surface area contributed by atoms with Gasteiger partial charge in [0.25, 0.3) is 0 Å². The molecule has 0 aromatic carbocycles. The highest BCUT2D eigenvalue weighted by Crippen LogP contribution is 2.25. The average molecular weight is 267 g/mol. The van der Waals surface area contributed by atoms with E-state index in [4.69, 9.17) is 9.84 Å². The third kappa shape index (κ3) is 5.11. The van der Waals surface area contributed by atoms with Crippen LogP contribution in [0.25, 0.3) is 0 Å². The van der Waals surface area contributed by atoms with Gasteiger partial charge < -0.3 is 15.2 Å². The SMILES string of the molecule is CCOc1cc(NC(CC(=O)O)C(C)(C)C)ncn1. The van der Waals surface area contributed by atoms with Gasteiger partial charge >= 0.3 is 5.97 Å². The molecule has 19 heavy (non-hydrogen) atoms. The Morgan fingerprint density at radius 3 is 2.68 bits per heavy atom. The van der Waals surface area contributed by atoms with E-state index in [2.05, 4.69) is 15.3 Å². The predicted octanol–water partition coefficient (Wildman–Crippen LogP) is 2.18. The van der Waals surface area contributed by atoms with Crippen molar-refractivity contribution in [3.63, 3.8) is 0 Å². The molecule has 6 heteroatoms. The predicted molar refractivity (Wildman–Crippen MR) is 72.3 cm³/mol. The van der Waals surface area contributed by atoms with Gasteiger partial charge in [-0.25, -0.2) is 9.97 Å². The van der Waals surface area contributed by atoms with E-state index in [-0.39, 0.29) is 17.9 Å². The lowest BCUT2D eigenvalue weighted by molar-refractivity contribution is -0.137. The van der Waals surface area contributed by atoms with E-state index in [1.807, 2.05) is 27.7 Å². The maximum Gasteiger partial charge on any atom is 0.305 e. The minimum Gasteiger partial charge on any atom is -0.481 e. The van der Waals surface area contributed by atoms with Gasteiger partial charge in [-0.1, -0.05) is 20.8 Å². The normalized spacial score (nSPS) is 12.8. The Morgan fingerprint density at radius 1 is 1.47 bits per heavy atom. The Bertz CT molecular complexity index is 429. The van der Waals surface area contributed by atoms with Crippen molar-refractivity contribution >= 4 is 11.8 Å². The molecule has 6 nitrogen and oxygen atoms in total. The number of hydrogen-bond acceptors (Lipinski definition) is 5. The molecule has 1 atom stereocenters. The summed E-state index contributed by atoms with van der Waals surface area (Å²) in [7, 11) is 0. The number of carbonyl (C=O) groups is 1. The van der Waals surface area contributed by atoms with E-state index < -0.39 is 5.97 Å². The van der Waals surface area contributed by atoms with E-state index in [1.165, 1.54) is 6.33 Å². The monoisotopic (exact) mass is 267 g/mol. The lowest BCUT2D eigenvalue weighted by Crippen LogP contribution is -2.36. The molecule has 1 aromatic rings. The zero-order chi connectivity index (χ0) is 14.5. The van der Waals surface area contributed by atoms with E-state index in [0.717, 1.165) is 0 Å². The molecule has 0 saturated carbocycles. The van der Waals surface area contributed by atoms with Crippen molar-refractivity contribution in [2.75, 3.05) is 11.9 Å². The first-order chi connectivity index (χ1) is 8.82. The Kier molecular flexibility index (Phi) is 5.09. The molecule has 0 spiro atoms. The van der Waals surface area contributed by atoms with Gasteiger partial charge in [0.1, 0.15) is 12.1 Å². The second kappa shape index (κ2) is 6.36. The maximum atomic E-state index is 10.9. The summed E-state index contributed by atoms with van der Waals surface area (Å²) in [5, 5.41) is 12.1. The van der Waals surface area contributed by atoms with Crippen LogP contribution in [0, 0.1) is 5.41 Å². The molecule has 0 fully saturated rings. The van der Waals surface area contributed by atoms with E-state index >= 15 is 0 Å². The smallest absolute Gasteiger partial charge is 0.305 e. The summed E-state index contributed by atoms with van der Waals surface area (Å²) in [6, 6.07) is 1.44. The Balaban J connectivity index is 2.83. The molecule has 0 aliphatic carbocycles. The summed E-state index contributed by atoms with van der Waals surface area (Å²) >= 11 is 0. The molecule has 2 N–H and O–H groups in total. The summed E-state index contributed by atoms with van der Waals surface area (Å²) in [5.41, 5.74) is -0.199. The van der Waals surface area contributed by atoms with Crippen molar-refractivity contribution < 1.29 is 14.6 Å². The van der Waals surface area contributed by atoms with Crippen molar-refractivity contribution in [1.29, 1.82) is 0 Å². The average Bonchev–Trinajstić information content (AvgIpc) is 2.27. The van der Waals surface area contributed by atoms with Crippen LogP contribution in [0.4, 0.5) is 5.82 Å². The Morgan fingerprint density at radius 2 is 2.16 bits per heavy atom. The van der Waals surface area contributed by atoms with E-state index in [0.29, 0.717) is 18.3 Å². The molecule has 0 radical (unpaired) electrons. The van der Waals surface area contributed by atoms with Crippen LogP contribution in [0.2, 0.25) is 0 Å². The second-order valence-corrected chi connectivity index (χ2v) is 5.34. The zero-order valence-corrected chi connectivity index (χ0v) is 11.8. The number of carboxylic acids is 1. The lowest BCUT2D eigenvalue weighted by Gasteiger charge is -2.30. The largest absolute Gasteiger partial charge is 0.481 e. The van der Waals surface area contributed by atoms with Crippen LogP contribution >= 0.6 is 0 Å². The van der Waals surface area contributed by atoms with Gasteiger partial charge in [-0.3, -0.25) is 4.79 Å². The summed E-state index contributed by atoms with van der Waals surface area (Å²) in [4.78, 5) is 19.0. The van der Waals surface area contributed by atoms with Crippen molar-refractivity contribution in [1.82, 2.24) is 9.97 Å². The van der Waals surface area contributed by atoms with Crippen LogP contribution in [0.5, 0.6) is 5.88 Å². The summed E-state index contributed by atoms with van der Waals surface area (Å²) in [6.07, 6.45) is 1.42. The molecule has 1 heterocycles. The Hall–Kier alpha value is -1.85. The highest BCUT2D eigenvalue weighted by Gasteiger charge is 2.27. The molecule has 106 valence electrons. The highest BCUT2D eigenvalue weighted by atomic mass is 16.5. The number of carboxylic acid groups (broad SMARTS) is 1. The number of ether oxygens (including phenoxy) is 1. The molecule has 1 unspecified atom stereocenters.